The number of carbonyl (C=O) groups excluding carboxylic acids is 2. The molecule has 1 aromatic rings. The van der Waals surface area contributed by atoms with Gasteiger partial charge in [0.15, 0.2) is 0 Å². The van der Waals surface area contributed by atoms with E-state index in [0.29, 0.717) is 22.6 Å². The number of carbonyl (C=O) groups is 2. The standard InChI is InChI=1S/C18H26N2O3/c1-9-11(3)15(17(22)23-18(5,6)7)19-13(9)8-14-10(2)12(4)16(21)20-14/h8,10,12,19H,1-7H3,(H,20,21)/b14-8-/t10-,12+/m1/s1/i8D,12D. The smallest absolute Gasteiger partial charge is 0.355 e. The van der Waals surface area contributed by atoms with E-state index in [4.69, 9.17) is 7.48 Å². The van der Waals surface area contributed by atoms with E-state index in [0.717, 1.165) is 5.56 Å². The van der Waals surface area contributed by atoms with E-state index < -0.39 is 29.3 Å². The average molecular weight is 320 g/mol. The van der Waals surface area contributed by atoms with Crippen molar-refractivity contribution in [3.05, 3.63) is 28.2 Å². The molecule has 1 saturated heterocycles. The summed E-state index contributed by atoms with van der Waals surface area (Å²) in [5.41, 5.74) is 1.99. The van der Waals surface area contributed by atoms with Crippen molar-refractivity contribution >= 4 is 17.9 Å². The van der Waals surface area contributed by atoms with E-state index in [1.165, 1.54) is 6.92 Å². The zero-order valence-corrected chi connectivity index (χ0v) is 14.8. The van der Waals surface area contributed by atoms with Crippen LogP contribution in [-0.2, 0) is 9.53 Å². The molecule has 5 nitrogen and oxygen atoms in total. The molecule has 126 valence electrons. The highest BCUT2D eigenvalue weighted by Crippen LogP contribution is 2.29. The Balaban J connectivity index is 2.48. The van der Waals surface area contributed by atoms with Gasteiger partial charge >= 0.3 is 5.97 Å². The lowest BCUT2D eigenvalue weighted by Gasteiger charge is -2.19. The van der Waals surface area contributed by atoms with Crippen LogP contribution < -0.4 is 5.32 Å². The molecular weight excluding hydrogens is 292 g/mol. The second-order valence-corrected chi connectivity index (χ2v) is 7.02. The van der Waals surface area contributed by atoms with Gasteiger partial charge in [-0.1, -0.05) is 13.8 Å². The number of nitrogens with one attached hydrogen (secondary N) is 2. The Bertz CT molecular complexity index is 770. The number of amides is 1. The summed E-state index contributed by atoms with van der Waals surface area (Å²) in [5, 5.41) is 2.65. The van der Waals surface area contributed by atoms with Gasteiger partial charge in [0.05, 0.1) is 1.37 Å². The van der Waals surface area contributed by atoms with Crippen LogP contribution in [0.2, 0.25) is 0 Å². The summed E-state index contributed by atoms with van der Waals surface area (Å²) in [7, 11) is 0. The van der Waals surface area contributed by atoms with Gasteiger partial charge in [-0.2, -0.15) is 0 Å². The van der Waals surface area contributed by atoms with Crippen LogP contribution in [-0.4, -0.2) is 22.5 Å². The van der Waals surface area contributed by atoms with E-state index in [9.17, 15) is 9.59 Å². The fraction of sp³-hybridized carbons (Fsp3) is 0.556. The zero-order valence-electron chi connectivity index (χ0n) is 16.8. The lowest BCUT2D eigenvalue weighted by molar-refractivity contribution is -0.122. The highest BCUT2D eigenvalue weighted by Gasteiger charge is 2.32. The average Bonchev–Trinajstić information content (AvgIpc) is 2.87. The normalized spacial score (nSPS) is 28.1. The molecule has 2 N–H and O–H groups in total. The monoisotopic (exact) mass is 320 g/mol. The summed E-state index contributed by atoms with van der Waals surface area (Å²) in [5.74, 6) is -2.66. The predicted octanol–water partition coefficient (Wildman–Crippen LogP) is 3.33. The molecule has 1 aliphatic rings. The molecular formula is C18H26N2O3. The SMILES string of the molecule is [2H]/C(=C1/NC(=O)[C@@]([2H])(C)[C@H]1C)c1[nH]c(C(=O)OC(C)(C)C)c(C)c1C. The molecule has 0 unspecified atom stereocenters. The number of aromatic amines is 1. The molecule has 0 spiro atoms. The van der Waals surface area contributed by atoms with Gasteiger partial charge in [0, 0.05) is 24.6 Å². The van der Waals surface area contributed by atoms with Crippen LogP contribution in [0.25, 0.3) is 6.05 Å². The number of hydrogen-bond donors (Lipinski definition) is 2. The van der Waals surface area contributed by atoms with Crippen LogP contribution in [0.4, 0.5) is 0 Å². The Hall–Kier alpha value is -2.04. The van der Waals surface area contributed by atoms with Crippen LogP contribution in [0.1, 0.15) is 64.7 Å². The van der Waals surface area contributed by atoms with Crippen LogP contribution in [0.15, 0.2) is 5.70 Å². The lowest BCUT2D eigenvalue weighted by atomic mass is 9.96. The highest BCUT2D eigenvalue weighted by atomic mass is 16.6. The summed E-state index contributed by atoms with van der Waals surface area (Å²) in [6.45, 7) is 12.3. The largest absolute Gasteiger partial charge is 0.455 e. The lowest BCUT2D eigenvalue weighted by Crippen LogP contribution is -2.24. The van der Waals surface area contributed by atoms with E-state index >= 15 is 0 Å². The van der Waals surface area contributed by atoms with E-state index in [1.807, 2.05) is 6.92 Å². The summed E-state index contributed by atoms with van der Waals surface area (Å²) in [6.07, 6.45) is 0. The number of esters is 1. The number of H-pyrrole nitrogens is 1. The van der Waals surface area contributed by atoms with Crippen molar-refractivity contribution in [2.75, 3.05) is 0 Å². The third kappa shape index (κ3) is 3.49. The summed E-state index contributed by atoms with van der Waals surface area (Å²) in [4.78, 5) is 27.3. The maximum absolute atomic E-state index is 12.4. The molecule has 0 radical (unpaired) electrons. The Morgan fingerprint density at radius 1 is 1.30 bits per heavy atom. The van der Waals surface area contributed by atoms with Crippen molar-refractivity contribution in [3.8, 4) is 0 Å². The number of rotatable bonds is 2. The maximum atomic E-state index is 12.4. The first-order valence-corrected chi connectivity index (χ1v) is 7.72. The Morgan fingerprint density at radius 3 is 2.39 bits per heavy atom. The van der Waals surface area contributed by atoms with Gasteiger partial charge in [0.1, 0.15) is 11.3 Å². The number of allylic oxidation sites excluding steroid dienone is 1. The molecule has 23 heavy (non-hydrogen) atoms. The number of hydrogen-bond acceptors (Lipinski definition) is 3. The van der Waals surface area contributed by atoms with Crippen LogP contribution in [0.5, 0.6) is 0 Å². The van der Waals surface area contributed by atoms with Crippen molar-refractivity contribution in [1.29, 1.82) is 0 Å². The van der Waals surface area contributed by atoms with Crippen LogP contribution in [0.3, 0.4) is 0 Å². The van der Waals surface area contributed by atoms with Gasteiger partial charge in [-0.05, 0) is 51.8 Å². The zero-order chi connectivity index (χ0) is 19.3. The van der Waals surface area contributed by atoms with Crippen molar-refractivity contribution in [2.24, 2.45) is 11.8 Å². The van der Waals surface area contributed by atoms with Crippen molar-refractivity contribution in [2.45, 2.75) is 54.1 Å². The third-order valence-electron chi connectivity index (χ3n) is 4.11. The van der Waals surface area contributed by atoms with Crippen LogP contribution in [0, 0.1) is 25.7 Å². The predicted molar refractivity (Wildman–Crippen MR) is 89.9 cm³/mol. The quantitative estimate of drug-likeness (QED) is 0.821. The number of aromatic nitrogens is 1. The first-order chi connectivity index (χ1) is 11.3. The Kier molecular flexibility index (Phi) is 3.71. The minimum absolute atomic E-state index is 0.0900. The Labute approximate surface area is 140 Å². The molecule has 0 saturated carbocycles. The van der Waals surface area contributed by atoms with Gasteiger partial charge in [0.2, 0.25) is 5.91 Å². The molecule has 0 aromatic carbocycles. The summed E-state index contributed by atoms with van der Waals surface area (Å²) >= 11 is 0. The fourth-order valence-electron chi connectivity index (χ4n) is 2.36. The summed E-state index contributed by atoms with van der Waals surface area (Å²) < 4.78 is 22.0. The highest BCUT2D eigenvalue weighted by molar-refractivity contribution is 5.91. The molecule has 5 heteroatoms. The molecule has 0 aliphatic carbocycles. The summed E-state index contributed by atoms with van der Waals surface area (Å²) in [6, 6.07) is 0.0900. The molecule has 2 rings (SSSR count). The minimum atomic E-state index is -1.31. The van der Waals surface area contributed by atoms with E-state index in [2.05, 4.69) is 10.3 Å². The maximum Gasteiger partial charge on any atom is 0.355 e. The van der Waals surface area contributed by atoms with Gasteiger partial charge in [-0.3, -0.25) is 4.79 Å². The van der Waals surface area contributed by atoms with Gasteiger partial charge in [0.25, 0.3) is 0 Å². The first kappa shape index (κ1) is 14.5. The number of ether oxygens (including phenoxy) is 1. The Morgan fingerprint density at radius 2 is 1.91 bits per heavy atom. The fourth-order valence-corrected chi connectivity index (χ4v) is 2.36. The van der Waals surface area contributed by atoms with Crippen LogP contribution >= 0.6 is 0 Å². The van der Waals surface area contributed by atoms with Gasteiger partial charge in [-0.25, -0.2) is 4.79 Å². The van der Waals surface area contributed by atoms with E-state index in [-0.39, 0.29) is 6.05 Å². The van der Waals surface area contributed by atoms with Crippen molar-refractivity contribution < 1.29 is 17.1 Å². The topological polar surface area (TPSA) is 71.2 Å². The van der Waals surface area contributed by atoms with Gasteiger partial charge in [-0.15, -0.1) is 0 Å². The molecule has 1 aliphatic heterocycles. The second-order valence-electron chi connectivity index (χ2n) is 7.02. The van der Waals surface area contributed by atoms with Crippen molar-refractivity contribution in [1.82, 2.24) is 10.3 Å². The second kappa shape index (κ2) is 5.87. The first-order valence-electron chi connectivity index (χ1n) is 8.72. The van der Waals surface area contributed by atoms with E-state index in [1.54, 1.807) is 34.6 Å². The van der Waals surface area contributed by atoms with Crippen molar-refractivity contribution in [3.63, 3.8) is 0 Å². The molecule has 2 heterocycles. The molecule has 1 fully saturated rings. The third-order valence-corrected chi connectivity index (χ3v) is 4.11. The minimum Gasteiger partial charge on any atom is -0.455 e. The molecule has 2 atom stereocenters. The molecule has 0 bridgehead atoms. The molecule has 1 amide bonds. The van der Waals surface area contributed by atoms with Gasteiger partial charge < -0.3 is 15.0 Å². The molecule has 1 aromatic heterocycles.